The van der Waals surface area contributed by atoms with E-state index < -0.39 is 41.1 Å². The van der Waals surface area contributed by atoms with E-state index in [-0.39, 0.29) is 43.2 Å². The highest BCUT2D eigenvalue weighted by Gasteiger charge is 2.50. The van der Waals surface area contributed by atoms with Gasteiger partial charge in [0.2, 0.25) is 5.60 Å². The standard InChI is InChI=1S/C41H34FN3O7/c1-4-41(52-21(3)46)30-15-34-37-27(17-45(34)38(47)29(30)19-50-39(41)48)36-32(14-13-22-20(2)31(42)16-33(43-37)35(22)36)44-40(49)51-18-28-25-11-7-5-9-23(25)24-10-6-8-12-26(24)28/h5-12,15-16,28,32H,4,13-14,17-19H2,1-3H3,(H,44,49)/t32-,41-/m0/s1. The fourth-order valence-electron chi connectivity index (χ4n) is 8.88. The molecule has 5 aromatic rings. The predicted octanol–water partition coefficient (Wildman–Crippen LogP) is 6.62. The van der Waals surface area contributed by atoms with Crippen molar-refractivity contribution in [3.8, 4) is 22.5 Å². The molecule has 0 radical (unpaired) electrons. The largest absolute Gasteiger partial charge is 0.457 e. The summed E-state index contributed by atoms with van der Waals surface area (Å²) < 4.78 is 33.9. The second kappa shape index (κ2) is 11.6. The summed E-state index contributed by atoms with van der Waals surface area (Å²) in [6, 6.07) is 18.8. The lowest BCUT2D eigenvalue weighted by molar-refractivity contribution is -0.188. The van der Waals surface area contributed by atoms with Crippen molar-refractivity contribution in [3.05, 3.63) is 121 Å². The van der Waals surface area contributed by atoms with Gasteiger partial charge in [-0.1, -0.05) is 55.5 Å². The lowest BCUT2D eigenvalue weighted by atomic mass is 9.81. The van der Waals surface area contributed by atoms with E-state index in [1.165, 1.54) is 13.0 Å². The lowest BCUT2D eigenvalue weighted by Crippen LogP contribution is -2.47. The van der Waals surface area contributed by atoms with Crippen LogP contribution in [0.3, 0.4) is 0 Å². The molecule has 2 aliphatic heterocycles. The van der Waals surface area contributed by atoms with Crippen LogP contribution in [0.2, 0.25) is 0 Å². The summed E-state index contributed by atoms with van der Waals surface area (Å²) in [5.74, 6) is -1.95. The molecule has 9 rings (SSSR count). The molecule has 0 saturated heterocycles. The van der Waals surface area contributed by atoms with Gasteiger partial charge in [0.05, 0.1) is 35.1 Å². The number of aromatic nitrogens is 2. The summed E-state index contributed by atoms with van der Waals surface area (Å²) in [7, 11) is 0. The minimum Gasteiger partial charge on any atom is -0.457 e. The first-order valence-corrected chi connectivity index (χ1v) is 17.5. The fourth-order valence-corrected chi connectivity index (χ4v) is 8.88. The monoisotopic (exact) mass is 699 g/mol. The molecule has 4 heterocycles. The zero-order chi connectivity index (χ0) is 36.1. The van der Waals surface area contributed by atoms with E-state index in [0.29, 0.717) is 40.9 Å². The van der Waals surface area contributed by atoms with Gasteiger partial charge in [-0.2, -0.15) is 0 Å². The third kappa shape index (κ3) is 4.50. The van der Waals surface area contributed by atoms with Crippen molar-refractivity contribution in [1.29, 1.82) is 0 Å². The first-order valence-electron chi connectivity index (χ1n) is 17.5. The van der Waals surface area contributed by atoms with Crippen molar-refractivity contribution in [2.75, 3.05) is 6.61 Å². The van der Waals surface area contributed by atoms with Crippen molar-refractivity contribution < 1.29 is 33.0 Å². The maximum Gasteiger partial charge on any atom is 0.407 e. The fraction of sp³-hybridized carbons (Fsp3) is 0.293. The van der Waals surface area contributed by atoms with Gasteiger partial charge in [0.15, 0.2) is 0 Å². The van der Waals surface area contributed by atoms with Gasteiger partial charge >= 0.3 is 18.0 Å². The second-order valence-corrected chi connectivity index (χ2v) is 13.9. The minimum absolute atomic E-state index is 0.0462. The molecule has 4 aliphatic rings. The third-order valence-electron chi connectivity index (χ3n) is 11.3. The number of benzene rings is 3. The number of nitrogens with zero attached hydrogens (tertiary/aromatic N) is 2. The number of cyclic esters (lactones) is 1. The first-order chi connectivity index (χ1) is 25.1. The van der Waals surface area contributed by atoms with Crippen LogP contribution in [0.15, 0.2) is 65.5 Å². The number of pyridine rings is 2. The highest BCUT2D eigenvalue weighted by atomic mass is 19.1. The zero-order valence-corrected chi connectivity index (χ0v) is 28.8. The Bertz CT molecular complexity index is 2440. The molecule has 10 nitrogen and oxygen atoms in total. The summed E-state index contributed by atoms with van der Waals surface area (Å²) >= 11 is 0. The van der Waals surface area contributed by atoms with Gasteiger partial charge in [-0.05, 0) is 71.2 Å². The van der Waals surface area contributed by atoms with Crippen molar-refractivity contribution in [2.45, 2.75) is 70.7 Å². The number of aryl methyl sites for hydroxylation is 1. The number of hydrogen-bond donors (Lipinski definition) is 1. The van der Waals surface area contributed by atoms with E-state index in [1.807, 2.05) is 24.3 Å². The molecular formula is C41H34FN3O7. The Kier molecular flexibility index (Phi) is 7.15. The molecule has 3 aromatic carbocycles. The van der Waals surface area contributed by atoms with E-state index in [4.69, 9.17) is 19.2 Å². The van der Waals surface area contributed by atoms with Crippen LogP contribution < -0.4 is 10.9 Å². The Labute approximate surface area is 297 Å². The van der Waals surface area contributed by atoms with Gasteiger partial charge < -0.3 is 24.1 Å². The average molecular weight is 700 g/mol. The normalized spacial score (nSPS) is 19.2. The molecule has 0 bridgehead atoms. The van der Waals surface area contributed by atoms with E-state index in [1.54, 1.807) is 24.5 Å². The third-order valence-corrected chi connectivity index (χ3v) is 11.3. The Morgan fingerprint density at radius 1 is 1.04 bits per heavy atom. The van der Waals surface area contributed by atoms with Crippen LogP contribution in [0.25, 0.3) is 33.4 Å². The Morgan fingerprint density at radius 2 is 1.75 bits per heavy atom. The van der Waals surface area contributed by atoms with E-state index >= 15 is 4.39 Å². The number of carbonyl (C=O) groups is 3. The smallest absolute Gasteiger partial charge is 0.407 e. The molecule has 11 heteroatoms. The molecule has 2 atom stereocenters. The molecule has 1 amide bonds. The van der Waals surface area contributed by atoms with Crippen LogP contribution in [-0.2, 0) is 49.0 Å². The lowest BCUT2D eigenvalue weighted by Gasteiger charge is -2.35. The molecule has 0 unspecified atom stereocenters. The first kappa shape index (κ1) is 32.1. The molecule has 52 heavy (non-hydrogen) atoms. The van der Waals surface area contributed by atoms with Crippen LogP contribution in [0.4, 0.5) is 9.18 Å². The van der Waals surface area contributed by atoms with Gasteiger partial charge in [-0.15, -0.1) is 0 Å². The maximum absolute atomic E-state index is 15.4. The second-order valence-electron chi connectivity index (χ2n) is 13.9. The van der Waals surface area contributed by atoms with Gasteiger partial charge in [0.1, 0.15) is 19.0 Å². The van der Waals surface area contributed by atoms with Crippen LogP contribution >= 0.6 is 0 Å². The summed E-state index contributed by atoms with van der Waals surface area (Å²) in [5.41, 5.74) is 6.77. The van der Waals surface area contributed by atoms with Gasteiger partial charge in [-0.3, -0.25) is 9.59 Å². The topological polar surface area (TPSA) is 126 Å². The Hall–Kier alpha value is -5.84. The Balaban J connectivity index is 1.12. The summed E-state index contributed by atoms with van der Waals surface area (Å²) in [6.45, 7) is 4.63. The van der Waals surface area contributed by atoms with Crippen molar-refractivity contribution in [1.82, 2.24) is 14.9 Å². The molecule has 2 aromatic heterocycles. The van der Waals surface area contributed by atoms with Crippen LogP contribution in [-0.4, -0.2) is 34.2 Å². The quantitative estimate of drug-likeness (QED) is 0.157. The summed E-state index contributed by atoms with van der Waals surface area (Å²) in [4.78, 5) is 58.1. The molecule has 1 N–H and O–H groups in total. The van der Waals surface area contributed by atoms with E-state index in [2.05, 4.69) is 29.6 Å². The number of halogens is 1. The number of ether oxygens (including phenoxy) is 3. The number of alkyl carbamates (subject to hydrolysis) is 1. The number of fused-ring (bicyclic) bond motifs is 8. The van der Waals surface area contributed by atoms with Crippen LogP contribution in [0, 0.1) is 12.7 Å². The summed E-state index contributed by atoms with van der Waals surface area (Å²) in [5, 5.41) is 3.86. The van der Waals surface area contributed by atoms with Crippen molar-refractivity contribution in [2.24, 2.45) is 0 Å². The predicted molar refractivity (Wildman–Crippen MR) is 188 cm³/mol. The van der Waals surface area contributed by atoms with E-state index in [9.17, 15) is 19.2 Å². The molecule has 262 valence electrons. The number of esters is 2. The number of nitrogens with one attached hydrogen (secondary N) is 1. The highest BCUT2D eigenvalue weighted by molar-refractivity contribution is 5.94. The van der Waals surface area contributed by atoms with E-state index in [0.717, 1.165) is 38.8 Å². The highest BCUT2D eigenvalue weighted by Crippen LogP contribution is 2.47. The Morgan fingerprint density at radius 3 is 2.44 bits per heavy atom. The summed E-state index contributed by atoms with van der Waals surface area (Å²) in [6.07, 6.45) is 0.442. The van der Waals surface area contributed by atoms with Gasteiger partial charge in [0, 0.05) is 35.4 Å². The molecule has 2 aliphatic carbocycles. The number of hydrogen-bond acceptors (Lipinski definition) is 8. The number of carbonyl (C=O) groups excluding carboxylic acids is 3. The number of amides is 1. The molecule has 0 saturated carbocycles. The van der Waals surface area contributed by atoms with Gasteiger partial charge in [0.25, 0.3) is 5.56 Å². The number of rotatable bonds is 5. The molecular weight excluding hydrogens is 665 g/mol. The average Bonchev–Trinajstić information content (AvgIpc) is 3.67. The van der Waals surface area contributed by atoms with Crippen molar-refractivity contribution >= 4 is 28.9 Å². The van der Waals surface area contributed by atoms with Gasteiger partial charge in [-0.25, -0.2) is 19.0 Å². The van der Waals surface area contributed by atoms with Crippen LogP contribution in [0.1, 0.15) is 83.2 Å². The maximum atomic E-state index is 15.4. The molecule has 0 fully saturated rings. The zero-order valence-electron chi connectivity index (χ0n) is 28.8. The minimum atomic E-state index is -1.80. The van der Waals surface area contributed by atoms with Crippen molar-refractivity contribution in [3.63, 3.8) is 0 Å². The van der Waals surface area contributed by atoms with Crippen LogP contribution in [0.5, 0.6) is 0 Å². The SMILES string of the molecule is CC[C@@]1(OC(C)=O)C(=O)OCc2c1cc1n(c2=O)Cc2c-1nc1cc(F)c(C)c3c1c2[C@@H](NC(=O)OCC1c2ccccc2-c2ccccc21)CC3. The molecule has 0 spiro atoms.